The molecule has 1 unspecified atom stereocenters. The van der Waals surface area contributed by atoms with E-state index in [2.05, 4.69) is 20.5 Å². The number of hydrogen-bond acceptors (Lipinski definition) is 5. The van der Waals surface area contributed by atoms with Crippen LogP contribution in [0.1, 0.15) is 37.8 Å². The van der Waals surface area contributed by atoms with Gasteiger partial charge in [-0.15, -0.1) is 0 Å². The summed E-state index contributed by atoms with van der Waals surface area (Å²) < 4.78 is 5.52. The van der Waals surface area contributed by atoms with Gasteiger partial charge in [0.25, 0.3) is 0 Å². The second-order valence-electron chi connectivity index (χ2n) is 6.91. The minimum absolute atomic E-state index is 0.0332. The molecular formula is C19H28N4O3. The van der Waals surface area contributed by atoms with Gasteiger partial charge in [0, 0.05) is 31.7 Å². The fraction of sp³-hybridized carbons (Fsp3) is 0.632. The number of nitrogens with one attached hydrogen (secondary N) is 2. The number of aromatic nitrogens is 1. The summed E-state index contributed by atoms with van der Waals surface area (Å²) in [5.74, 6) is -0.127. The van der Waals surface area contributed by atoms with Crippen molar-refractivity contribution in [3.63, 3.8) is 0 Å². The van der Waals surface area contributed by atoms with Gasteiger partial charge in [-0.05, 0) is 25.0 Å². The SMILES string of the molecule is O=C(CCNC(=O)C1COCCN1C1CCCC1)NCc1ccccn1. The van der Waals surface area contributed by atoms with Crippen LogP contribution in [0, 0.1) is 0 Å². The van der Waals surface area contributed by atoms with Crippen molar-refractivity contribution < 1.29 is 14.3 Å². The summed E-state index contributed by atoms with van der Waals surface area (Å²) in [6.07, 6.45) is 6.78. The summed E-state index contributed by atoms with van der Waals surface area (Å²) in [4.78, 5) is 30.9. The first-order valence-corrected chi connectivity index (χ1v) is 9.52. The van der Waals surface area contributed by atoms with Gasteiger partial charge in [0.05, 0.1) is 25.5 Å². The van der Waals surface area contributed by atoms with Gasteiger partial charge < -0.3 is 15.4 Å². The van der Waals surface area contributed by atoms with Gasteiger partial charge in [-0.2, -0.15) is 0 Å². The molecule has 2 amide bonds. The molecule has 7 heteroatoms. The summed E-state index contributed by atoms with van der Waals surface area (Å²) in [7, 11) is 0. The highest BCUT2D eigenvalue weighted by atomic mass is 16.5. The van der Waals surface area contributed by atoms with E-state index in [0.29, 0.717) is 32.3 Å². The molecule has 7 nitrogen and oxygen atoms in total. The fourth-order valence-electron chi connectivity index (χ4n) is 3.71. The van der Waals surface area contributed by atoms with Gasteiger partial charge in [-0.1, -0.05) is 18.9 Å². The summed E-state index contributed by atoms with van der Waals surface area (Å²) >= 11 is 0. The monoisotopic (exact) mass is 360 g/mol. The van der Waals surface area contributed by atoms with Crippen molar-refractivity contribution in [1.82, 2.24) is 20.5 Å². The lowest BCUT2D eigenvalue weighted by Gasteiger charge is -2.38. The lowest BCUT2D eigenvalue weighted by atomic mass is 10.1. The minimum Gasteiger partial charge on any atom is -0.378 e. The second-order valence-corrected chi connectivity index (χ2v) is 6.91. The third-order valence-electron chi connectivity index (χ3n) is 5.11. The van der Waals surface area contributed by atoms with Crippen molar-refractivity contribution >= 4 is 11.8 Å². The van der Waals surface area contributed by atoms with Crippen molar-refractivity contribution in [1.29, 1.82) is 0 Å². The van der Waals surface area contributed by atoms with E-state index in [9.17, 15) is 9.59 Å². The third-order valence-corrected chi connectivity index (χ3v) is 5.11. The highest BCUT2D eigenvalue weighted by Crippen LogP contribution is 2.26. The van der Waals surface area contributed by atoms with Crippen molar-refractivity contribution in [3.05, 3.63) is 30.1 Å². The van der Waals surface area contributed by atoms with E-state index in [0.717, 1.165) is 12.2 Å². The van der Waals surface area contributed by atoms with Crippen LogP contribution in [0.15, 0.2) is 24.4 Å². The Balaban J connectivity index is 1.39. The van der Waals surface area contributed by atoms with Gasteiger partial charge in [0.1, 0.15) is 6.04 Å². The van der Waals surface area contributed by atoms with Crippen LogP contribution in [-0.4, -0.2) is 60.1 Å². The molecule has 1 saturated carbocycles. The van der Waals surface area contributed by atoms with Crippen LogP contribution >= 0.6 is 0 Å². The third kappa shape index (κ3) is 5.25. The zero-order chi connectivity index (χ0) is 18.2. The normalized spacial score (nSPS) is 21.5. The topological polar surface area (TPSA) is 83.6 Å². The predicted octanol–water partition coefficient (Wildman–Crippen LogP) is 0.848. The zero-order valence-corrected chi connectivity index (χ0v) is 15.2. The Morgan fingerprint density at radius 1 is 1.23 bits per heavy atom. The van der Waals surface area contributed by atoms with E-state index in [1.807, 2.05) is 18.2 Å². The molecule has 2 N–H and O–H groups in total. The van der Waals surface area contributed by atoms with E-state index in [1.165, 1.54) is 25.7 Å². The first-order valence-electron chi connectivity index (χ1n) is 9.52. The van der Waals surface area contributed by atoms with Crippen LogP contribution in [0.5, 0.6) is 0 Å². The Kier molecular flexibility index (Phi) is 6.96. The first kappa shape index (κ1) is 18.8. The summed E-state index contributed by atoms with van der Waals surface area (Å²) in [6.45, 7) is 2.68. The molecule has 2 aliphatic rings. The maximum atomic E-state index is 12.6. The molecule has 1 aromatic heterocycles. The van der Waals surface area contributed by atoms with Crippen molar-refractivity contribution in [2.45, 2.75) is 50.7 Å². The van der Waals surface area contributed by atoms with Gasteiger partial charge in [-0.25, -0.2) is 0 Å². The number of carbonyl (C=O) groups excluding carboxylic acids is 2. The van der Waals surface area contributed by atoms with Crippen LogP contribution in [-0.2, 0) is 20.9 Å². The number of hydrogen-bond donors (Lipinski definition) is 2. The number of rotatable bonds is 7. The lowest BCUT2D eigenvalue weighted by Crippen LogP contribution is -2.56. The van der Waals surface area contributed by atoms with Crippen LogP contribution in [0.3, 0.4) is 0 Å². The maximum Gasteiger partial charge on any atom is 0.239 e. The van der Waals surface area contributed by atoms with Crippen molar-refractivity contribution in [2.24, 2.45) is 0 Å². The highest BCUT2D eigenvalue weighted by molar-refractivity contribution is 5.83. The average molecular weight is 360 g/mol. The number of amides is 2. The van der Waals surface area contributed by atoms with E-state index in [1.54, 1.807) is 6.20 Å². The molecule has 26 heavy (non-hydrogen) atoms. The van der Waals surface area contributed by atoms with Crippen molar-refractivity contribution in [2.75, 3.05) is 26.3 Å². The zero-order valence-electron chi connectivity index (χ0n) is 15.2. The Bertz CT molecular complexity index is 590. The van der Waals surface area contributed by atoms with Gasteiger partial charge in [0.2, 0.25) is 11.8 Å². The van der Waals surface area contributed by atoms with Gasteiger partial charge in [-0.3, -0.25) is 19.5 Å². The molecule has 3 rings (SSSR count). The van der Waals surface area contributed by atoms with Crippen LogP contribution in [0.25, 0.3) is 0 Å². The summed E-state index contributed by atoms with van der Waals surface area (Å²) in [6, 6.07) is 5.85. The Morgan fingerprint density at radius 3 is 2.85 bits per heavy atom. The van der Waals surface area contributed by atoms with E-state index >= 15 is 0 Å². The molecule has 2 fully saturated rings. The minimum atomic E-state index is -0.233. The molecule has 1 aliphatic heterocycles. The molecule has 0 spiro atoms. The van der Waals surface area contributed by atoms with E-state index in [4.69, 9.17) is 4.74 Å². The number of nitrogens with zero attached hydrogens (tertiary/aromatic N) is 2. The number of morpholine rings is 1. The Morgan fingerprint density at radius 2 is 2.08 bits per heavy atom. The molecular weight excluding hydrogens is 332 g/mol. The quantitative estimate of drug-likeness (QED) is 0.753. The number of ether oxygens (including phenoxy) is 1. The average Bonchev–Trinajstić information content (AvgIpc) is 3.22. The standard InChI is InChI=1S/C19H28N4O3/c24-18(22-13-15-5-3-4-9-20-15)8-10-21-19(25)17-14-26-12-11-23(17)16-6-1-2-7-16/h3-5,9,16-17H,1-2,6-8,10-14H2,(H,21,25)(H,22,24). The predicted molar refractivity (Wildman–Crippen MR) is 97.3 cm³/mol. The largest absolute Gasteiger partial charge is 0.378 e. The van der Waals surface area contributed by atoms with Crippen LogP contribution in [0.2, 0.25) is 0 Å². The molecule has 1 aliphatic carbocycles. The van der Waals surface area contributed by atoms with E-state index < -0.39 is 0 Å². The smallest absolute Gasteiger partial charge is 0.239 e. The van der Waals surface area contributed by atoms with Crippen molar-refractivity contribution in [3.8, 4) is 0 Å². The molecule has 0 radical (unpaired) electrons. The molecule has 2 heterocycles. The molecule has 1 aromatic rings. The fourth-order valence-corrected chi connectivity index (χ4v) is 3.71. The molecule has 0 bridgehead atoms. The maximum absolute atomic E-state index is 12.6. The Hall–Kier alpha value is -1.99. The molecule has 0 aromatic carbocycles. The Labute approximate surface area is 154 Å². The first-order chi connectivity index (χ1) is 12.7. The lowest BCUT2D eigenvalue weighted by molar-refractivity contribution is -0.134. The number of pyridine rings is 1. The van der Waals surface area contributed by atoms with Gasteiger partial charge in [0.15, 0.2) is 0 Å². The molecule has 142 valence electrons. The van der Waals surface area contributed by atoms with Gasteiger partial charge >= 0.3 is 0 Å². The molecule has 1 saturated heterocycles. The second kappa shape index (κ2) is 9.64. The van der Waals surface area contributed by atoms with E-state index in [-0.39, 0.29) is 24.3 Å². The highest BCUT2D eigenvalue weighted by Gasteiger charge is 2.35. The summed E-state index contributed by atoms with van der Waals surface area (Å²) in [5.41, 5.74) is 0.816. The number of carbonyl (C=O) groups is 2. The molecule has 1 atom stereocenters. The van der Waals surface area contributed by atoms with Crippen LogP contribution in [0.4, 0.5) is 0 Å². The summed E-state index contributed by atoms with van der Waals surface area (Å²) in [5, 5.41) is 5.72. The van der Waals surface area contributed by atoms with Crippen LogP contribution < -0.4 is 10.6 Å².